The van der Waals surface area contributed by atoms with Crippen LogP contribution in [0.4, 0.5) is 0 Å². The molecule has 0 aromatic rings. The van der Waals surface area contributed by atoms with Gasteiger partial charge in [-0.3, -0.25) is 9.59 Å². The molecule has 0 radical (unpaired) electrons. The summed E-state index contributed by atoms with van der Waals surface area (Å²) >= 11 is 0. The molecule has 0 saturated heterocycles. The van der Waals surface area contributed by atoms with Crippen LogP contribution in [0.2, 0.25) is 0 Å². The molecule has 7 heteroatoms. The second-order valence-electron chi connectivity index (χ2n) is 10.4. The monoisotopic (exact) mass is 497 g/mol. The van der Waals surface area contributed by atoms with Gasteiger partial charge in [0.1, 0.15) is 6.04 Å². The van der Waals surface area contributed by atoms with Crippen molar-refractivity contribution in [3.8, 4) is 0 Å². The van der Waals surface area contributed by atoms with E-state index in [0.29, 0.717) is 0 Å². The minimum atomic E-state index is -1.15. The van der Waals surface area contributed by atoms with Gasteiger partial charge in [-0.2, -0.15) is 0 Å². The molecular formula is C28H55N3O4. The van der Waals surface area contributed by atoms with Crippen LogP contribution >= 0.6 is 0 Å². The Balaban J connectivity index is 3.80. The van der Waals surface area contributed by atoms with Crippen LogP contribution in [-0.2, 0) is 14.4 Å². The van der Waals surface area contributed by atoms with E-state index in [2.05, 4.69) is 17.6 Å². The zero-order valence-corrected chi connectivity index (χ0v) is 22.9. The number of aliphatic carboxylic acids is 1. The molecule has 0 spiro atoms. The predicted molar refractivity (Wildman–Crippen MR) is 144 cm³/mol. The quantitative estimate of drug-likeness (QED) is 0.121. The number of carbonyl (C=O) groups is 3. The summed E-state index contributed by atoms with van der Waals surface area (Å²) < 4.78 is 0. The van der Waals surface area contributed by atoms with Crippen LogP contribution in [0.1, 0.15) is 136 Å². The van der Waals surface area contributed by atoms with Crippen molar-refractivity contribution in [2.24, 2.45) is 11.7 Å². The Kier molecular flexibility index (Phi) is 21.7. The number of hydrogen-bond donors (Lipinski definition) is 4. The molecule has 0 aliphatic heterocycles. The van der Waals surface area contributed by atoms with Gasteiger partial charge in [0.15, 0.2) is 0 Å². The molecule has 0 aliphatic rings. The van der Waals surface area contributed by atoms with Gasteiger partial charge < -0.3 is 21.5 Å². The molecule has 2 amide bonds. The molecule has 7 nitrogen and oxygen atoms in total. The van der Waals surface area contributed by atoms with Gasteiger partial charge in [-0.1, -0.05) is 117 Å². The highest BCUT2D eigenvalue weighted by atomic mass is 16.4. The Bertz CT molecular complexity index is 554. The Labute approximate surface area is 214 Å². The second kappa shape index (κ2) is 22.8. The third-order valence-corrected chi connectivity index (χ3v) is 6.64. The first kappa shape index (κ1) is 33.4. The third kappa shape index (κ3) is 20.3. The second-order valence-corrected chi connectivity index (χ2v) is 10.4. The smallest absolute Gasteiger partial charge is 0.326 e. The summed E-state index contributed by atoms with van der Waals surface area (Å²) in [7, 11) is 0. The Hall–Kier alpha value is -1.63. The average Bonchev–Trinajstić information content (AvgIpc) is 2.80. The standard InChI is InChI=1S/C28H55N3O4/c1-4-5-6-7-8-9-10-11-12-13-14-15-16-17-18-19-22-30-26(23(2)3)27(33)31-24(28(34)35)20-21-25(29)32/h23-24,26,30H,4-22H2,1-3H3,(H2,29,32)(H,31,33)(H,34,35)/t24-,26+/m0/s1. The molecule has 0 heterocycles. The molecule has 0 aliphatic carbocycles. The summed E-state index contributed by atoms with van der Waals surface area (Å²) in [6.45, 7) is 6.87. The number of carbonyl (C=O) groups excluding carboxylic acids is 2. The van der Waals surface area contributed by atoms with Crippen LogP contribution in [-0.4, -0.2) is 41.5 Å². The van der Waals surface area contributed by atoms with E-state index >= 15 is 0 Å². The maximum atomic E-state index is 12.6. The number of amides is 2. The first-order valence-electron chi connectivity index (χ1n) is 14.3. The van der Waals surface area contributed by atoms with Crippen LogP contribution in [0.3, 0.4) is 0 Å². The zero-order chi connectivity index (χ0) is 26.3. The van der Waals surface area contributed by atoms with E-state index in [4.69, 9.17) is 5.73 Å². The fourth-order valence-electron chi connectivity index (χ4n) is 4.37. The van der Waals surface area contributed by atoms with Crippen LogP contribution in [0.25, 0.3) is 0 Å². The molecule has 0 fully saturated rings. The van der Waals surface area contributed by atoms with Crippen molar-refractivity contribution in [3.05, 3.63) is 0 Å². The lowest BCUT2D eigenvalue weighted by atomic mass is 10.0. The van der Waals surface area contributed by atoms with E-state index in [9.17, 15) is 19.5 Å². The molecule has 0 rings (SSSR count). The zero-order valence-electron chi connectivity index (χ0n) is 22.9. The molecule has 206 valence electrons. The number of hydrogen-bond acceptors (Lipinski definition) is 4. The lowest BCUT2D eigenvalue weighted by molar-refractivity contribution is -0.142. The largest absolute Gasteiger partial charge is 0.480 e. The van der Waals surface area contributed by atoms with Crippen molar-refractivity contribution in [2.75, 3.05) is 6.54 Å². The van der Waals surface area contributed by atoms with Crippen molar-refractivity contribution in [3.63, 3.8) is 0 Å². The van der Waals surface area contributed by atoms with Crippen molar-refractivity contribution < 1.29 is 19.5 Å². The van der Waals surface area contributed by atoms with Crippen molar-refractivity contribution >= 4 is 17.8 Å². The minimum absolute atomic E-state index is 0.000344. The van der Waals surface area contributed by atoms with Crippen LogP contribution in [0, 0.1) is 5.92 Å². The molecule has 5 N–H and O–H groups in total. The van der Waals surface area contributed by atoms with Gasteiger partial charge in [0, 0.05) is 6.42 Å². The van der Waals surface area contributed by atoms with E-state index in [0.717, 1.165) is 19.4 Å². The highest BCUT2D eigenvalue weighted by Crippen LogP contribution is 2.14. The van der Waals surface area contributed by atoms with E-state index in [1.807, 2.05) is 13.8 Å². The summed E-state index contributed by atoms with van der Waals surface area (Å²) in [5.74, 6) is -2.04. The number of carboxylic acid groups (broad SMARTS) is 1. The van der Waals surface area contributed by atoms with Gasteiger partial charge in [-0.05, 0) is 25.3 Å². The maximum Gasteiger partial charge on any atom is 0.326 e. The van der Waals surface area contributed by atoms with Gasteiger partial charge in [0.2, 0.25) is 11.8 Å². The molecule has 0 saturated carbocycles. The fourth-order valence-corrected chi connectivity index (χ4v) is 4.37. The van der Waals surface area contributed by atoms with Gasteiger partial charge in [0.25, 0.3) is 0 Å². The summed E-state index contributed by atoms with van der Waals surface area (Å²) in [6, 6.07) is -1.56. The predicted octanol–water partition coefficient (Wildman–Crippen LogP) is 5.70. The SMILES string of the molecule is CCCCCCCCCCCCCCCCCCN[C@@H](C(=O)N[C@@H](CCC(N)=O)C(=O)O)C(C)C. The van der Waals surface area contributed by atoms with E-state index in [1.54, 1.807) is 0 Å². The molecular weight excluding hydrogens is 442 g/mol. The molecule has 0 bridgehead atoms. The van der Waals surface area contributed by atoms with Crippen LogP contribution in [0.5, 0.6) is 0 Å². The highest BCUT2D eigenvalue weighted by molar-refractivity contribution is 5.87. The number of carboxylic acids is 1. The first-order chi connectivity index (χ1) is 16.8. The Morgan fingerprint density at radius 3 is 1.54 bits per heavy atom. The third-order valence-electron chi connectivity index (χ3n) is 6.64. The van der Waals surface area contributed by atoms with Gasteiger partial charge >= 0.3 is 5.97 Å². The minimum Gasteiger partial charge on any atom is -0.480 e. The summed E-state index contributed by atoms with van der Waals surface area (Å²) in [4.78, 5) is 34.9. The molecule has 0 aromatic carbocycles. The number of nitrogens with two attached hydrogens (primary N) is 1. The molecule has 2 atom stereocenters. The van der Waals surface area contributed by atoms with Crippen molar-refractivity contribution in [2.45, 2.75) is 148 Å². The van der Waals surface area contributed by atoms with Gasteiger partial charge in [0.05, 0.1) is 6.04 Å². The van der Waals surface area contributed by atoms with Crippen LogP contribution in [0.15, 0.2) is 0 Å². The number of rotatable bonds is 25. The maximum absolute atomic E-state index is 12.6. The molecule has 0 aromatic heterocycles. The summed E-state index contributed by atoms with van der Waals surface area (Å²) in [5, 5.41) is 15.1. The topological polar surface area (TPSA) is 122 Å². The molecule has 35 heavy (non-hydrogen) atoms. The first-order valence-corrected chi connectivity index (χ1v) is 14.3. The summed E-state index contributed by atoms with van der Waals surface area (Å²) in [6.07, 6.45) is 21.1. The van der Waals surface area contributed by atoms with Crippen molar-refractivity contribution in [1.29, 1.82) is 0 Å². The summed E-state index contributed by atoms with van der Waals surface area (Å²) in [5.41, 5.74) is 5.10. The van der Waals surface area contributed by atoms with Gasteiger partial charge in [-0.15, -0.1) is 0 Å². The highest BCUT2D eigenvalue weighted by Gasteiger charge is 2.27. The lowest BCUT2D eigenvalue weighted by Gasteiger charge is -2.24. The molecule has 0 unspecified atom stereocenters. The number of primary amides is 1. The van der Waals surface area contributed by atoms with Crippen molar-refractivity contribution in [1.82, 2.24) is 10.6 Å². The normalized spacial score (nSPS) is 13.0. The number of nitrogens with one attached hydrogen (secondary N) is 2. The number of unbranched alkanes of at least 4 members (excludes halogenated alkanes) is 15. The Morgan fingerprint density at radius 1 is 0.743 bits per heavy atom. The fraction of sp³-hybridized carbons (Fsp3) is 0.893. The Morgan fingerprint density at radius 2 is 1.17 bits per heavy atom. The average molecular weight is 498 g/mol. The van der Waals surface area contributed by atoms with E-state index < -0.39 is 24.0 Å². The van der Waals surface area contributed by atoms with E-state index in [-0.39, 0.29) is 24.7 Å². The lowest BCUT2D eigenvalue weighted by Crippen LogP contribution is -2.52. The van der Waals surface area contributed by atoms with Gasteiger partial charge in [-0.25, -0.2) is 4.79 Å². The van der Waals surface area contributed by atoms with Crippen LogP contribution < -0.4 is 16.4 Å². The van der Waals surface area contributed by atoms with E-state index in [1.165, 1.54) is 89.9 Å².